The Labute approximate surface area is 147 Å². The second-order valence-electron chi connectivity index (χ2n) is 5.28. The molecule has 0 saturated heterocycles. The maximum atomic E-state index is 13.0. The van der Waals surface area contributed by atoms with Crippen LogP contribution in [0.5, 0.6) is 0 Å². The van der Waals surface area contributed by atoms with Gasteiger partial charge in [-0.1, -0.05) is 29.3 Å². The number of anilines is 1. The van der Waals surface area contributed by atoms with Gasteiger partial charge in [0.25, 0.3) is 5.91 Å². The zero-order valence-corrected chi connectivity index (χ0v) is 13.8. The van der Waals surface area contributed by atoms with E-state index in [1.807, 2.05) is 6.92 Å². The summed E-state index contributed by atoms with van der Waals surface area (Å²) in [7, 11) is 0. The van der Waals surface area contributed by atoms with Gasteiger partial charge in [-0.3, -0.25) is 9.59 Å². The van der Waals surface area contributed by atoms with Crippen LogP contribution in [0.3, 0.4) is 0 Å². The summed E-state index contributed by atoms with van der Waals surface area (Å²) in [5.74, 6) is -1.28. The molecule has 0 aromatic heterocycles. The van der Waals surface area contributed by atoms with Gasteiger partial charge >= 0.3 is 6.18 Å². The highest BCUT2D eigenvalue weighted by molar-refractivity contribution is 6.30. The van der Waals surface area contributed by atoms with Crippen molar-refractivity contribution in [3.05, 3.63) is 64.2 Å². The van der Waals surface area contributed by atoms with Gasteiger partial charge in [-0.2, -0.15) is 13.2 Å². The average molecular weight is 371 g/mol. The normalized spacial score (nSPS) is 11.1. The lowest BCUT2D eigenvalue weighted by molar-refractivity contribution is -0.137. The highest BCUT2D eigenvalue weighted by Crippen LogP contribution is 2.36. The molecule has 0 spiro atoms. The van der Waals surface area contributed by atoms with Crippen molar-refractivity contribution < 1.29 is 22.8 Å². The molecular formula is C17H14ClF3N2O2. The summed E-state index contributed by atoms with van der Waals surface area (Å²) < 4.78 is 38.9. The molecule has 8 heteroatoms. The molecule has 0 atom stereocenters. The van der Waals surface area contributed by atoms with Crippen molar-refractivity contribution in [2.45, 2.75) is 13.1 Å². The summed E-state index contributed by atoms with van der Waals surface area (Å²) in [6.45, 7) is 1.39. The molecule has 0 bridgehead atoms. The van der Waals surface area contributed by atoms with Crippen LogP contribution >= 0.6 is 11.6 Å². The van der Waals surface area contributed by atoms with Gasteiger partial charge in [-0.15, -0.1) is 0 Å². The lowest BCUT2D eigenvalue weighted by Gasteiger charge is -2.14. The summed E-state index contributed by atoms with van der Waals surface area (Å²) in [4.78, 5) is 23.7. The Kier molecular flexibility index (Phi) is 5.69. The van der Waals surface area contributed by atoms with Gasteiger partial charge in [0.15, 0.2) is 0 Å². The number of hydrogen-bond acceptors (Lipinski definition) is 2. The molecule has 0 fully saturated rings. The Morgan fingerprint density at radius 1 is 1.08 bits per heavy atom. The van der Waals surface area contributed by atoms with Crippen molar-refractivity contribution in [3.8, 4) is 0 Å². The Morgan fingerprint density at radius 2 is 1.72 bits per heavy atom. The lowest BCUT2D eigenvalue weighted by Crippen LogP contribution is -2.33. The number of carbonyl (C=O) groups excluding carboxylic acids is 2. The molecule has 2 rings (SSSR count). The van der Waals surface area contributed by atoms with Crippen molar-refractivity contribution >= 4 is 29.1 Å². The average Bonchev–Trinajstić information content (AvgIpc) is 2.54. The van der Waals surface area contributed by atoms with E-state index in [4.69, 9.17) is 11.6 Å². The van der Waals surface area contributed by atoms with Crippen LogP contribution < -0.4 is 10.6 Å². The van der Waals surface area contributed by atoms with E-state index in [9.17, 15) is 22.8 Å². The lowest BCUT2D eigenvalue weighted by atomic mass is 10.1. The Morgan fingerprint density at radius 3 is 2.32 bits per heavy atom. The molecule has 0 unspecified atom stereocenters. The zero-order chi connectivity index (χ0) is 18.6. The van der Waals surface area contributed by atoms with Crippen LogP contribution in [-0.4, -0.2) is 18.4 Å². The molecule has 132 valence electrons. The minimum Gasteiger partial charge on any atom is -0.343 e. The fourth-order valence-electron chi connectivity index (χ4n) is 2.02. The molecule has 4 nitrogen and oxygen atoms in total. The van der Waals surface area contributed by atoms with Gasteiger partial charge in [-0.25, -0.2) is 0 Å². The number of rotatable bonds is 4. The molecule has 2 N–H and O–H groups in total. The fourth-order valence-corrected chi connectivity index (χ4v) is 2.19. The van der Waals surface area contributed by atoms with E-state index in [1.54, 1.807) is 24.3 Å². The minimum atomic E-state index is -4.67. The first-order valence-electron chi connectivity index (χ1n) is 7.18. The van der Waals surface area contributed by atoms with Gasteiger partial charge < -0.3 is 10.6 Å². The van der Waals surface area contributed by atoms with Crippen LogP contribution in [0, 0.1) is 6.92 Å². The Bertz CT molecular complexity index is 789. The van der Waals surface area contributed by atoms with Crippen LogP contribution in [0.4, 0.5) is 18.9 Å². The first-order chi connectivity index (χ1) is 11.7. The van der Waals surface area contributed by atoms with E-state index >= 15 is 0 Å². The van der Waals surface area contributed by atoms with Crippen molar-refractivity contribution in [2.24, 2.45) is 0 Å². The highest BCUT2D eigenvalue weighted by Gasteiger charge is 2.34. The number of halogens is 4. The van der Waals surface area contributed by atoms with Crippen molar-refractivity contribution in [1.29, 1.82) is 0 Å². The maximum Gasteiger partial charge on any atom is 0.418 e. The van der Waals surface area contributed by atoms with Crippen LogP contribution in [0.2, 0.25) is 5.02 Å². The first-order valence-corrected chi connectivity index (χ1v) is 7.56. The molecule has 2 amide bonds. The third-order valence-corrected chi connectivity index (χ3v) is 3.52. The predicted octanol–water partition coefficient (Wildman–Crippen LogP) is 4.04. The summed E-state index contributed by atoms with van der Waals surface area (Å²) in [6.07, 6.45) is -4.67. The number of nitrogens with one attached hydrogen (secondary N) is 2. The number of alkyl halides is 3. The second-order valence-corrected chi connectivity index (χ2v) is 5.72. The van der Waals surface area contributed by atoms with Crippen LogP contribution in [-0.2, 0) is 11.0 Å². The monoisotopic (exact) mass is 370 g/mol. The Balaban J connectivity index is 2.01. The molecule has 25 heavy (non-hydrogen) atoms. The van der Waals surface area contributed by atoms with Gasteiger partial charge in [0.1, 0.15) is 0 Å². The molecule has 0 radical (unpaired) electrons. The maximum absolute atomic E-state index is 13.0. The van der Waals surface area contributed by atoms with E-state index in [0.717, 1.165) is 17.7 Å². The topological polar surface area (TPSA) is 58.2 Å². The van der Waals surface area contributed by atoms with Crippen molar-refractivity contribution in [2.75, 3.05) is 11.9 Å². The number of carbonyl (C=O) groups is 2. The van der Waals surface area contributed by atoms with Crippen LogP contribution in [0.1, 0.15) is 21.5 Å². The minimum absolute atomic E-state index is 0.0991. The molecule has 0 aliphatic heterocycles. The smallest absolute Gasteiger partial charge is 0.343 e. The van der Waals surface area contributed by atoms with Crippen LogP contribution in [0.15, 0.2) is 42.5 Å². The number of amides is 2. The van der Waals surface area contributed by atoms with E-state index in [1.165, 1.54) is 6.07 Å². The van der Waals surface area contributed by atoms with Crippen molar-refractivity contribution in [3.63, 3.8) is 0 Å². The van der Waals surface area contributed by atoms with Crippen molar-refractivity contribution in [1.82, 2.24) is 5.32 Å². The quantitative estimate of drug-likeness (QED) is 0.853. The van der Waals surface area contributed by atoms with Gasteiger partial charge in [0.05, 0.1) is 17.8 Å². The number of aryl methyl sites for hydroxylation is 1. The van der Waals surface area contributed by atoms with Gasteiger partial charge in [-0.05, 0) is 37.3 Å². The molecule has 0 aliphatic carbocycles. The van der Waals surface area contributed by atoms with Gasteiger partial charge in [0, 0.05) is 10.6 Å². The van der Waals surface area contributed by atoms with Crippen LogP contribution in [0.25, 0.3) is 0 Å². The third-order valence-electron chi connectivity index (χ3n) is 3.28. The molecule has 0 saturated carbocycles. The van der Waals surface area contributed by atoms with E-state index in [0.29, 0.717) is 5.56 Å². The molecule has 0 aliphatic rings. The number of hydrogen-bond donors (Lipinski definition) is 2. The van der Waals surface area contributed by atoms with E-state index in [-0.39, 0.29) is 5.02 Å². The highest BCUT2D eigenvalue weighted by atomic mass is 35.5. The fraction of sp³-hybridized carbons (Fsp3) is 0.176. The zero-order valence-electron chi connectivity index (χ0n) is 13.1. The summed E-state index contributed by atoms with van der Waals surface area (Å²) in [6, 6.07) is 9.66. The largest absolute Gasteiger partial charge is 0.418 e. The second kappa shape index (κ2) is 7.57. The molecule has 2 aromatic rings. The SMILES string of the molecule is Cc1ccc(C(=O)NCC(=O)Nc2ccc(Cl)cc2C(F)(F)F)cc1. The van der Waals surface area contributed by atoms with Gasteiger partial charge in [0.2, 0.25) is 5.91 Å². The Hall–Kier alpha value is -2.54. The van der Waals surface area contributed by atoms with E-state index < -0.39 is 35.8 Å². The summed E-state index contributed by atoms with van der Waals surface area (Å²) in [5.41, 5.74) is -0.165. The molecule has 0 heterocycles. The molecule has 2 aromatic carbocycles. The predicted molar refractivity (Wildman–Crippen MR) is 88.6 cm³/mol. The molecular weight excluding hydrogens is 357 g/mol. The summed E-state index contributed by atoms with van der Waals surface area (Å²) in [5, 5.41) is 4.38. The first kappa shape index (κ1) is 18.8. The van der Waals surface area contributed by atoms with E-state index in [2.05, 4.69) is 10.6 Å². The number of benzene rings is 2. The third kappa shape index (κ3) is 5.22. The standard InChI is InChI=1S/C17H14ClF3N2O2/c1-10-2-4-11(5-3-10)16(25)22-9-15(24)23-14-7-6-12(18)8-13(14)17(19,20)21/h2-8H,9H2,1H3,(H,22,25)(H,23,24). The summed E-state index contributed by atoms with van der Waals surface area (Å²) >= 11 is 5.57.